The number of nitrogens with one attached hydrogen (secondary N) is 1. The Morgan fingerprint density at radius 3 is 1.00 bits per heavy atom. The van der Waals surface area contributed by atoms with Crippen LogP contribution in [0.3, 0.4) is 0 Å². The Kier molecular flexibility index (Phi) is 27.4. The molecule has 4 heteroatoms. The topological polar surface area (TPSA) is 63.2 Å². The van der Waals surface area contributed by atoms with E-state index in [1.54, 1.807) is 0 Å². The SMILES string of the molecule is CCCCCCCCCCCCCCCCC(=O)C(=O)NC(=O)CCCCCCCCCCCCC. The van der Waals surface area contributed by atoms with E-state index in [0.29, 0.717) is 6.42 Å². The number of unbranched alkanes of at least 4 members (excludes halogenated alkanes) is 23. The van der Waals surface area contributed by atoms with Crippen LogP contribution in [0.25, 0.3) is 0 Å². The maximum Gasteiger partial charge on any atom is 0.293 e. The zero-order valence-electron chi connectivity index (χ0n) is 24.3. The molecule has 1 N–H and O–H groups in total. The van der Waals surface area contributed by atoms with Gasteiger partial charge in [-0.15, -0.1) is 0 Å². The smallest absolute Gasteiger partial charge is 0.290 e. The summed E-state index contributed by atoms with van der Waals surface area (Å²) in [7, 11) is 0. The van der Waals surface area contributed by atoms with Gasteiger partial charge in [-0.05, 0) is 12.8 Å². The fraction of sp³-hybridized carbons (Fsp3) is 0.906. The van der Waals surface area contributed by atoms with Crippen molar-refractivity contribution in [3.63, 3.8) is 0 Å². The van der Waals surface area contributed by atoms with Crippen LogP contribution in [0.1, 0.15) is 187 Å². The quantitative estimate of drug-likeness (QED) is 0.0846. The molecule has 36 heavy (non-hydrogen) atoms. The van der Waals surface area contributed by atoms with Gasteiger partial charge in [0.2, 0.25) is 11.7 Å². The Morgan fingerprint density at radius 1 is 0.389 bits per heavy atom. The Bertz CT molecular complexity index is 518. The van der Waals surface area contributed by atoms with Crippen LogP contribution in [0.5, 0.6) is 0 Å². The molecule has 4 nitrogen and oxygen atoms in total. The molecule has 0 fully saturated rings. The summed E-state index contributed by atoms with van der Waals surface area (Å²) in [6.45, 7) is 4.51. The zero-order chi connectivity index (χ0) is 26.5. The molecule has 2 amide bonds. The first-order valence-corrected chi connectivity index (χ1v) is 16.0. The number of imide groups is 1. The van der Waals surface area contributed by atoms with Gasteiger partial charge < -0.3 is 0 Å². The molecular weight excluding hydrogens is 446 g/mol. The maximum atomic E-state index is 12.0. The predicted octanol–water partition coefficient (Wildman–Crippen LogP) is 9.77. The van der Waals surface area contributed by atoms with Crippen molar-refractivity contribution in [1.29, 1.82) is 0 Å². The van der Waals surface area contributed by atoms with Crippen LogP contribution >= 0.6 is 0 Å². The molecule has 0 radical (unpaired) electrons. The van der Waals surface area contributed by atoms with Gasteiger partial charge in [0, 0.05) is 12.8 Å². The van der Waals surface area contributed by atoms with Gasteiger partial charge >= 0.3 is 0 Å². The molecule has 0 bridgehead atoms. The molecule has 0 saturated carbocycles. The van der Waals surface area contributed by atoms with Crippen LogP contribution in [0, 0.1) is 0 Å². The second kappa shape index (κ2) is 28.4. The van der Waals surface area contributed by atoms with Gasteiger partial charge in [-0.25, -0.2) is 0 Å². The second-order valence-corrected chi connectivity index (χ2v) is 10.9. The van der Waals surface area contributed by atoms with Gasteiger partial charge in [-0.3, -0.25) is 19.7 Å². The summed E-state index contributed by atoms with van der Waals surface area (Å²) in [5.74, 6) is -1.45. The van der Waals surface area contributed by atoms with Crippen LogP contribution < -0.4 is 5.32 Å². The number of hydrogen-bond acceptors (Lipinski definition) is 3. The molecule has 0 heterocycles. The van der Waals surface area contributed by atoms with E-state index in [1.807, 2.05) is 0 Å². The summed E-state index contributed by atoms with van der Waals surface area (Å²) in [5, 5.41) is 2.29. The van der Waals surface area contributed by atoms with E-state index < -0.39 is 11.7 Å². The van der Waals surface area contributed by atoms with E-state index >= 15 is 0 Å². The average molecular weight is 508 g/mol. The van der Waals surface area contributed by atoms with Gasteiger partial charge in [0.05, 0.1) is 0 Å². The normalized spacial score (nSPS) is 11.1. The first-order chi connectivity index (χ1) is 17.6. The first-order valence-electron chi connectivity index (χ1n) is 16.0. The molecule has 0 aliphatic rings. The molecule has 0 spiro atoms. The van der Waals surface area contributed by atoms with E-state index in [4.69, 9.17) is 0 Å². The van der Waals surface area contributed by atoms with Crippen molar-refractivity contribution in [2.45, 2.75) is 187 Å². The Morgan fingerprint density at radius 2 is 0.667 bits per heavy atom. The molecule has 0 aliphatic carbocycles. The minimum atomic E-state index is -0.710. The molecule has 0 aromatic heterocycles. The second-order valence-electron chi connectivity index (χ2n) is 10.9. The van der Waals surface area contributed by atoms with Gasteiger partial charge in [0.25, 0.3) is 5.91 Å². The van der Waals surface area contributed by atoms with Crippen LogP contribution in [-0.4, -0.2) is 17.6 Å². The lowest BCUT2D eigenvalue weighted by Gasteiger charge is -2.05. The van der Waals surface area contributed by atoms with Crippen molar-refractivity contribution in [2.24, 2.45) is 0 Å². The third-order valence-corrected chi connectivity index (χ3v) is 7.27. The summed E-state index contributed by atoms with van der Waals surface area (Å²) < 4.78 is 0. The van der Waals surface area contributed by atoms with E-state index in [1.165, 1.54) is 122 Å². The van der Waals surface area contributed by atoms with Crippen LogP contribution in [0.4, 0.5) is 0 Å². The molecule has 0 rings (SSSR count). The molecule has 212 valence electrons. The number of carbonyl (C=O) groups is 3. The third kappa shape index (κ3) is 25.9. The number of hydrogen-bond donors (Lipinski definition) is 1. The minimum absolute atomic E-state index is 0.260. The number of amides is 2. The zero-order valence-corrected chi connectivity index (χ0v) is 24.3. The van der Waals surface area contributed by atoms with E-state index in [9.17, 15) is 14.4 Å². The monoisotopic (exact) mass is 507 g/mol. The Labute approximate surface area is 224 Å². The molecule has 0 unspecified atom stereocenters. The van der Waals surface area contributed by atoms with Gasteiger partial charge in [0.15, 0.2) is 0 Å². The van der Waals surface area contributed by atoms with Crippen molar-refractivity contribution in [3.8, 4) is 0 Å². The third-order valence-electron chi connectivity index (χ3n) is 7.27. The van der Waals surface area contributed by atoms with E-state index in [-0.39, 0.29) is 12.3 Å². The van der Waals surface area contributed by atoms with Crippen LogP contribution in [-0.2, 0) is 14.4 Å². The predicted molar refractivity (Wildman–Crippen MR) is 154 cm³/mol. The highest BCUT2D eigenvalue weighted by atomic mass is 16.2. The highest BCUT2D eigenvalue weighted by Crippen LogP contribution is 2.14. The summed E-state index contributed by atoms with van der Waals surface area (Å²) in [6, 6.07) is 0. The molecular formula is C32H61NO3. The maximum absolute atomic E-state index is 12.0. The van der Waals surface area contributed by atoms with Gasteiger partial charge in [-0.2, -0.15) is 0 Å². The summed E-state index contributed by atoms with van der Waals surface area (Å²) in [5.41, 5.74) is 0. The van der Waals surface area contributed by atoms with Crippen LogP contribution in [0.15, 0.2) is 0 Å². The lowest BCUT2D eigenvalue weighted by atomic mass is 10.0. The number of rotatable bonds is 28. The first kappa shape index (κ1) is 34.8. The standard InChI is InChI=1S/C32H61NO3/c1-3-5-7-9-11-13-15-16-17-19-20-22-24-26-28-30(34)32(36)33-31(35)29-27-25-23-21-18-14-12-10-8-6-4-2/h3-29H2,1-2H3,(H,33,35,36). The van der Waals surface area contributed by atoms with Crippen molar-refractivity contribution in [3.05, 3.63) is 0 Å². The minimum Gasteiger partial charge on any atom is -0.290 e. The van der Waals surface area contributed by atoms with Gasteiger partial charge in [-0.1, -0.05) is 162 Å². The van der Waals surface area contributed by atoms with Crippen molar-refractivity contribution < 1.29 is 14.4 Å². The Hall–Kier alpha value is -1.19. The number of carbonyl (C=O) groups excluding carboxylic acids is 3. The average Bonchev–Trinajstić information content (AvgIpc) is 2.87. The largest absolute Gasteiger partial charge is 0.293 e. The molecule has 0 saturated heterocycles. The van der Waals surface area contributed by atoms with Crippen LogP contribution in [0.2, 0.25) is 0 Å². The number of ketones is 1. The summed E-state index contributed by atoms with van der Waals surface area (Å²) in [4.78, 5) is 35.9. The van der Waals surface area contributed by atoms with E-state index in [0.717, 1.165) is 38.5 Å². The van der Waals surface area contributed by atoms with E-state index in [2.05, 4.69) is 19.2 Å². The van der Waals surface area contributed by atoms with Crippen molar-refractivity contribution in [1.82, 2.24) is 5.32 Å². The summed E-state index contributed by atoms with van der Waals surface area (Å²) in [6.07, 6.45) is 31.8. The molecule has 0 aromatic rings. The fourth-order valence-corrected chi connectivity index (χ4v) is 4.80. The fourth-order valence-electron chi connectivity index (χ4n) is 4.80. The number of Topliss-reactive ketones (excluding diaryl/α,β-unsaturated/α-hetero) is 1. The Balaban J connectivity index is 3.44. The molecule has 0 aromatic carbocycles. The highest BCUT2D eigenvalue weighted by Gasteiger charge is 2.15. The highest BCUT2D eigenvalue weighted by molar-refractivity contribution is 6.38. The van der Waals surface area contributed by atoms with Gasteiger partial charge in [0.1, 0.15) is 0 Å². The lowest BCUT2D eigenvalue weighted by Crippen LogP contribution is -2.35. The van der Waals surface area contributed by atoms with Crippen molar-refractivity contribution in [2.75, 3.05) is 0 Å². The molecule has 0 atom stereocenters. The summed E-state index contributed by atoms with van der Waals surface area (Å²) >= 11 is 0. The lowest BCUT2D eigenvalue weighted by molar-refractivity contribution is -0.141. The van der Waals surface area contributed by atoms with Crippen molar-refractivity contribution >= 4 is 17.6 Å². The molecule has 0 aliphatic heterocycles.